The van der Waals surface area contributed by atoms with E-state index in [9.17, 15) is 8.42 Å². The second-order valence-electron chi connectivity index (χ2n) is 6.63. The van der Waals surface area contributed by atoms with Crippen LogP contribution in [-0.2, 0) is 10.2 Å². The van der Waals surface area contributed by atoms with Gasteiger partial charge in [0.05, 0.1) is 13.2 Å². The number of ether oxygens (including phenoxy) is 1. The van der Waals surface area contributed by atoms with Gasteiger partial charge in [-0.1, -0.05) is 19.1 Å². The zero-order valence-corrected chi connectivity index (χ0v) is 14.8. The van der Waals surface area contributed by atoms with Crippen LogP contribution < -0.4 is 4.74 Å². The molecule has 6 heteroatoms. The molecular weight excluding hydrogens is 312 g/mol. The molecular formula is C17H26N2O3S. The van der Waals surface area contributed by atoms with Gasteiger partial charge in [0.25, 0.3) is 10.2 Å². The van der Waals surface area contributed by atoms with Crippen LogP contribution in [0.1, 0.15) is 44.2 Å². The van der Waals surface area contributed by atoms with Crippen molar-refractivity contribution in [1.29, 1.82) is 0 Å². The van der Waals surface area contributed by atoms with Gasteiger partial charge in [-0.2, -0.15) is 17.0 Å². The molecule has 1 atom stereocenters. The molecule has 2 aliphatic heterocycles. The van der Waals surface area contributed by atoms with Crippen molar-refractivity contribution in [2.75, 3.05) is 26.7 Å². The Hall–Kier alpha value is -1.11. The van der Waals surface area contributed by atoms with E-state index in [-0.39, 0.29) is 6.04 Å². The molecule has 23 heavy (non-hydrogen) atoms. The number of nitrogens with zero attached hydrogens (tertiary/aromatic N) is 2. The van der Waals surface area contributed by atoms with Crippen molar-refractivity contribution in [3.63, 3.8) is 0 Å². The zero-order valence-electron chi connectivity index (χ0n) is 13.9. The predicted octanol–water partition coefficient (Wildman–Crippen LogP) is 2.81. The van der Waals surface area contributed by atoms with Crippen molar-refractivity contribution >= 4 is 10.2 Å². The van der Waals surface area contributed by atoms with E-state index in [2.05, 4.69) is 6.92 Å². The van der Waals surface area contributed by atoms with E-state index in [0.29, 0.717) is 25.6 Å². The summed E-state index contributed by atoms with van der Waals surface area (Å²) in [5.41, 5.74) is 1.02. The lowest BCUT2D eigenvalue weighted by atomic mass is 10.0. The lowest BCUT2D eigenvalue weighted by molar-refractivity contribution is 0.260. The van der Waals surface area contributed by atoms with Crippen molar-refractivity contribution in [2.45, 2.75) is 38.6 Å². The molecule has 1 aromatic rings. The summed E-state index contributed by atoms with van der Waals surface area (Å²) in [6, 6.07) is 7.70. The monoisotopic (exact) mass is 338 g/mol. The van der Waals surface area contributed by atoms with Gasteiger partial charge >= 0.3 is 0 Å². The maximum atomic E-state index is 13.1. The van der Waals surface area contributed by atoms with Gasteiger partial charge in [-0.15, -0.1) is 0 Å². The summed E-state index contributed by atoms with van der Waals surface area (Å²) in [5.74, 6) is 1.40. The fraction of sp³-hybridized carbons (Fsp3) is 0.647. The topological polar surface area (TPSA) is 49.9 Å². The molecule has 2 fully saturated rings. The summed E-state index contributed by atoms with van der Waals surface area (Å²) < 4.78 is 34.8. The number of methoxy groups -OCH3 is 1. The highest BCUT2D eigenvalue weighted by molar-refractivity contribution is 7.86. The van der Waals surface area contributed by atoms with Gasteiger partial charge in [-0.3, -0.25) is 0 Å². The molecule has 0 spiro atoms. The minimum Gasteiger partial charge on any atom is -0.497 e. The highest BCUT2D eigenvalue weighted by Crippen LogP contribution is 2.37. The molecule has 2 aliphatic rings. The molecule has 1 aromatic carbocycles. The molecule has 0 unspecified atom stereocenters. The Morgan fingerprint density at radius 3 is 2.57 bits per heavy atom. The molecule has 3 rings (SSSR count). The number of hydrogen-bond acceptors (Lipinski definition) is 3. The van der Waals surface area contributed by atoms with Crippen LogP contribution >= 0.6 is 0 Å². The first-order valence-corrected chi connectivity index (χ1v) is 9.83. The van der Waals surface area contributed by atoms with Crippen molar-refractivity contribution < 1.29 is 13.2 Å². The molecule has 0 aromatic heterocycles. The van der Waals surface area contributed by atoms with Crippen LogP contribution in [0.4, 0.5) is 0 Å². The van der Waals surface area contributed by atoms with E-state index in [1.807, 2.05) is 24.3 Å². The largest absolute Gasteiger partial charge is 0.497 e. The molecule has 2 saturated heterocycles. The Labute approximate surface area is 139 Å². The lowest BCUT2D eigenvalue weighted by Crippen LogP contribution is -2.46. The van der Waals surface area contributed by atoms with Crippen LogP contribution in [0, 0.1) is 5.92 Å². The van der Waals surface area contributed by atoms with E-state index in [1.165, 1.54) is 0 Å². The van der Waals surface area contributed by atoms with Gasteiger partial charge in [0.1, 0.15) is 5.75 Å². The fourth-order valence-corrected chi connectivity index (χ4v) is 5.44. The number of piperidine rings is 1. The Kier molecular flexibility index (Phi) is 4.94. The van der Waals surface area contributed by atoms with Crippen LogP contribution in [0.15, 0.2) is 24.3 Å². The molecule has 0 N–H and O–H groups in total. The van der Waals surface area contributed by atoms with E-state index in [0.717, 1.165) is 37.0 Å². The van der Waals surface area contributed by atoms with Crippen molar-refractivity contribution in [3.05, 3.63) is 29.8 Å². The van der Waals surface area contributed by atoms with E-state index in [1.54, 1.807) is 15.7 Å². The number of benzene rings is 1. The van der Waals surface area contributed by atoms with Gasteiger partial charge in [0.15, 0.2) is 0 Å². The molecule has 0 saturated carbocycles. The Morgan fingerprint density at radius 1 is 1.13 bits per heavy atom. The third-order valence-corrected chi connectivity index (χ3v) is 7.09. The maximum Gasteiger partial charge on any atom is 0.282 e. The first-order valence-electron chi connectivity index (χ1n) is 8.43. The molecule has 0 radical (unpaired) electrons. The van der Waals surface area contributed by atoms with Gasteiger partial charge in [0.2, 0.25) is 0 Å². The standard InChI is InChI=1S/C17H26N2O3S/c1-14-8-11-18(12-9-14)23(20,21)19-10-4-7-17(19)15-5-3-6-16(13-15)22-2/h3,5-6,13-14,17H,4,7-12H2,1-2H3/t17-/m0/s1. The summed E-state index contributed by atoms with van der Waals surface area (Å²) in [7, 11) is -1.74. The average Bonchev–Trinajstić information content (AvgIpc) is 3.06. The first-order chi connectivity index (χ1) is 11.0. The fourth-order valence-electron chi connectivity index (χ4n) is 3.56. The average molecular weight is 338 g/mol. The van der Waals surface area contributed by atoms with Crippen LogP contribution in [-0.4, -0.2) is 43.8 Å². The Bertz CT molecular complexity index is 639. The summed E-state index contributed by atoms with van der Waals surface area (Å²) in [6.07, 6.45) is 3.69. The van der Waals surface area contributed by atoms with E-state index >= 15 is 0 Å². The lowest BCUT2D eigenvalue weighted by Gasteiger charge is -2.34. The van der Waals surface area contributed by atoms with E-state index < -0.39 is 10.2 Å². The molecule has 2 heterocycles. The summed E-state index contributed by atoms with van der Waals surface area (Å²) in [5, 5.41) is 0. The van der Waals surface area contributed by atoms with Crippen molar-refractivity contribution in [3.8, 4) is 5.75 Å². The van der Waals surface area contributed by atoms with Gasteiger partial charge in [-0.05, 0) is 49.3 Å². The Morgan fingerprint density at radius 2 is 1.87 bits per heavy atom. The predicted molar refractivity (Wildman–Crippen MR) is 90.6 cm³/mol. The maximum absolute atomic E-state index is 13.1. The van der Waals surface area contributed by atoms with Gasteiger partial charge in [0, 0.05) is 19.6 Å². The summed E-state index contributed by atoms with van der Waals surface area (Å²) in [4.78, 5) is 0. The Balaban J connectivity index is 1.83. The molecule has 0 amide bonds. The summed E-state index contributed by atoms with van der Waals surface area (Å²) in [6.45, 7) is 4.09. The van der Waals surface area contributed by atoms with Gasteiger partial charge < -0.3 is 4.74 Å². The normalized spacial score (nSPS) is 24.9. The number of hydrogen-bond donors (Lipinski definition) is 0. The van der Waals surface area contributed by atoms with Crippen LogP contribution in [0.5, 0.6) is 5.75 Å². The van der Waals surface area contributed by atoms with E-state index in [4.69, 9.17) is 4.74 Å². The molecule has 128 valence electrons. The summed E-state index contributed by atoms with van der Waals surface area (Å²) >= 11 is 0. The molecule has 0 aliphatic carbocycles. The SMILES string of the molecule is COc1cccc([C@@H]2CCCN2S(=O)(=O)N2CCC(C)CC2)c1. The second-order valence-corrected chi connectivity index (χ2v) is 8.52. The van der Waals surface area contributed by atoms with Crippen molar-refractivity contribution in [1.82, 2.24) is 8.61 Å². The van der Waals surface area contributed by atoms with Gasteiger partial charge in [-0.25, -0.2) is 0 Å². The number of rotatable bonds is 4. The van der Waals surface area contributed by atoms with Crippen LogP contribution in [0.25, 0.3) is 0 Å². The zero-order chi connectivity index (χ0) is 16.4. The third-order valence-electron chi connectivity index (χ3n) is 5.05. The highest BCUT2D eigenvalue weighted by atomic mass is 32.2. The molecule has 5 nitrogen and oxygen atoms in total. The van der Waals surface area contributed by atoms with Crippen LogP contribution in [0.2, 0.25) is 0 Å². The third kappa shape index (κ3) is 3.39. The minimum absolute atomic E-state index is 0.0746. The second kappa shape index (κ2) is 6.79. The van der Waals surface area contributed by atoms with Crippen LogP contribution in [0.3, 0.4) is 0 Å². The van der Waals surface area contributed by atoms with Crippen molar-refractivity contribution in [2.24, 2.45) is 5.92 Å². The first kappa shape index (κ1) is 16.7. The highest BCUT2D eigenvalue weighted by Gasteiger charge is 2.39. The smallest absolute Gasteiger partial charge is 0.282 e. The quantitative estimate of drug-likeness (QED) is 0.848. The molecule has 0 bridgehead atoms. The minimum atomic E-state index is -3.38.